The number of aliphatic carboxylic acids is 1. The van der Waals surface area contributed by atoms with Crippen LogP contribution < -0.4 is 0 Å². The quantitative estimate of drug-likeness (QED) is 0.899. The lowest BCUT2D eigenvalue weighted by molar-refractivity contribution is -0.143. The second-order valence-electron chi connectivity index (χ2n) is 6.55. The highest BCUT2D eigenvalue weighted by Gasteiger charge is 2.41. The van der Waals surface area contributed by atoms with Crippen molar-refractivity contribution in [1.29, 1.82) is 0 Å². The number of likely N-dealkylation sites (tertiary alicyclic amines) is 1. The summed E-state index contributed by atoms with van der Waals surface area (Å²) in [6.45, 7) is 3.85. The van der Waals surface area contributed by atoms with E-state index in [9.17, 15) is 9.90 Å². The molecule has 0 atom stereocenters. The predicted molar refractivity (Wildman–Crippen MR) is 95.9 cm³/mol. The molecule has 0 spiro atoms. The number of nitrogens with zero attached hydrogens (tertiary/aromatic N) is 1. The Kier molecular flexibility index (Phi) is 5.00. The van der Waals surface area contributed by atoms with E-state index < -0.39 is 5.97 Å². The number of carboxylic acid groups (broad SMARTS) is 1. The van der Waals surface area contributed by atoms with Crippen molar-refractivity contribution in [1.82, 2.24) is 4.90 Å². The van der Waals surface area contributed by atoms with Crippen molar-refractivity contribution < 1.29 is 9.90 Å². The fourth-order valence-corrected chi connectivity index (χ4v) is 4.10. The van der Waals surface area contributed by atoms with Crippen molar-refractivity contribution >= 4 is 5.97 Å². The molecule has 1 fully saturated rings. The summed E-state index contributed by atoms with van der Waals surface area (Å²) in [5, 5.41) is 9.30. The minimum absolute atomic E-state index is 0.188. The second kappa shape index (κ2) is 7.18. The predicted octanol–water partition coefficient (Wildman–Crippen LogP) is 4.14. The molecule has 2 aromatic rings. The first-order valence-corrected chi connectivity index (χ1v) is 8.77. The molecule has 3 heteroatoms. The zero-order chi connectivity index (χ0) is 17.0. The topological polar surface area (TPSA) is 40.5 Å². The number of carbonyl (C=O) groups is 1. The van der Waals surface area contributed by atoms with Gasteiger partial charge >= 0.3 is 5.97 Å². The third-order valence-electron chi connectivity index (χ3n) is 5.40. The van der Waals surface area contributed by atoms with Crippen molar-refractivity contribution in [2.45, 2.75) is 31.7 Å². The van der Waals surface area contributed by atoms with Gasteiger partial charge in [-0.05, 0) is 30.4 Å². The lowest BCUT2D eigenvalue weighted by Crippen LogP contribution is -2.51. The maximum absolute atomic E-state index is 11.3. The molecule has 1 heterocycles. The van der Waals surface area contributed by atoms with Gasteiger partial charge in [0, 0.05) is 13.1 Å². The second-order valence-corrected chi connectivity index (χ2v) is 6.55. The van der Waals surface area contributed by atoms with Crippen LogP contribution >= 0.6 is 0 Å². The maximum atomic E-state index is 11.3. The summed E-state index contributed by atoms with van der Waals surface area (Å²) < 4.78 is 0. The number of hydrogen-bond donors (Lipinski definition) is 1. The largest absolute Gasteiger partial charge is 0.481 e. The molecule has 0 unspecified atom stereocenters. The fraction of sp³-hybridized carbons (Fsp3) is 0.381. The Bertz CT molecular complexity index is 621. The maximum Gasteiger partial charge on any atom is 0.306 e. The van der Waals surface area contributed by atoms with Crippen molar-refractivity contribution in [2.24, 2.45) is 5.92 Å². The van der Waals surface area contributed by atoms with Gasteiger partial charge < -0.3 is 5.11 Å². The molecule has 126 valence electrons. The molecule has 0 saturated carbocycles. The molecule has 3 rings (SSSR count). The highest BCUT2D eigenvalue weighted by Crippen LogP contribution is 2.41. The van der Waals surface area contributed by atoms with Crippen LogP contribution in [0.1, 0.15) is 37.3 Å². The first kappa shape index (κ1) is 16.7. The minimum Gasteiger partial charge on any atom is -0.481 e. The van der Waals surface area contributed by atoms with Gasteiger partial charge in [-0.1, -0.05) is 67.6 Å². The van der Waals surface area contributed by atoms with Crippen LogP contribution in [0.5, 0.6) is 0 Å². The van der Waals surface area contributed by atoms with Gasteiger partial charge in [-0.3, -0.25) is 9.69 Å². The van der Waals surface area contributed by atoms with Gasteiger partial charge in [0.1, 0.15) is 0 Å². The minimum atomic E-state index is -0.656. The van der Waals surface area contributed by atoms with E-state index in [-0.39, 0.29) is 11.5 Å². The Hall–Kier alpha value is -2.13. The molecule has 1 saturated heterocycles. The molecule has 0 aliphatic carbocycles. The molecule has 2 aromatic carbocycles. The van der Waals surface area contributed by atoms with Gasteiger partial charge in [-0.25, -0.2) is 0 Å². The summed E-state index contributed by atoms with van der Waals surface area (Å²) in [7, 11) is 0. The van der Waals surface area contributed by atoms with E-state index in [1.165, 1.54) is 11.1 Å². The summed E-state index contributed by atoms with van der Waals surface area (Å²) in [5.41, 5.74) is 2.38. The molecule has 1 aliphatic heterocycles. The average Bonchev–Trinajstić information content (AvgIpc) is 2.65. The Morgan fingerprint density at radius 3 is 1.83 bits per heavy atom. The van der Waals surface area contributed by atoms with Crippen LogP contribution in [0.4, 0.5) is 0 Å². The van der Waals surface area contributed by atoms with E-state index in [0.717, 1.165) is 32.4 Å². The lowest BCUT2D eigenvalue weighted by Gasteiger charge is -2.47. The van der Waals surface area contributed by atoms with Crippen LogP contribution in [-0.4, -0.2) is 29.1 Å². The summed E-state index contributed by atoms with van der Waals surface area (Å²) in [6, 6.07) is 21.2. The highest BCUT2D eigenvalue weighted by atomic mass is 16.4. The number of rotatable bonds is 5. The van der Waals surface area contributed by atoms with E-state index in [1.807, 2.05) is 12.1 Å². The molecule has 1 aliphatic rings. The Labute approximate surface area is 143 Å². The molecule has 24 heavy (non-hydrogen) atoms. The summed E-state index contributed by atoms with van der Waals surface area (Å²) in [4.78, 5) is 13.8. The van der Waals surface area contributed by atoms with Gasteiger partial charge in [-0.15, -0.1) is 0 Å². The van der Waals surface area contributed by atoms with Gasteiger partial charge in [0.05, 0.1) is 11.5 Å². The van der Waals surface area contributed by atoms with Crippen molar-refractivity contribution in [2.75, 3.05) is 13.1 Å². The number of benzene rings is 2. The molecular weight excluding hydrogens is 298 g/mol. The highest BCUT2D eigenvalue weighted by molar-refractivity contribution is 5.70. The zero-order valence-corrected chi connectivity index (χ0v) is 14.2. The first-order chi connectivity index (χ1) is 11.7. The van der Waals surface area contributed by atoms with Crippen molar-refractivity contribution in [3.05, 3.63) is 71.8 Å². The SMILES string of the molecule is CCC(c1ccccc1)(c1ccccc1)N1CCC(C(=O)O)CC1. The van der Waals surface area contributed by atoms with Gasteiger partial charge in [0.2, 0.25) is 0 Å². The van der Waals surface area contributed by atoms with Crippen LogP contribution in [0.3, 0.4) is 0 Å². The Balaban J connectivity index is 2.02. The van der Waals surface area contributed by atoms with Crippen LogP contribution in [-0.2, 0) is 10.3 Å². The lowest BCUT2D eigenvalue weighted by atomic mass is 9.77. The number of hydrogen-bond acceptors (Lipinski definition) is 2. The third-order valence-corrected chi connectivity index (χ3v) is 5.40. The summed E-state index contributed by atoms with van der Waals surface area (Å²) in [6.07, 6.45) is 2.40. The monoisotopic (exact) mass is 323 g/mol. The zero-order valence-electron chi connectivity index (χ0n) is 14.2. The van der Waals surface area contributed by atoms with E-state index in [4.69, 9.17) is 0 Å². The molecule has 3 nitrogen and oxygen atoms in total. The van der Waals surface area contributed by atoms with Crippen LogP contribution in [0.15, 0.2) is 60.7 Å². The van der Waals surface area contributed by atoms with Crippen LogP contribution in [0, 0.1) is 5.92 Å². The van der Waals surface area contributed by atoms with E-state index in [1.54, 1.807) is 0 Å². The summed E-state index contributed by atoms with van der Waals surface area (Å²) in [5.74, 6) is -0.862. The Morgan fingerprint density at radius 2 is 1.46 bits per heavy atom. The number of carboxylic acids is 1. The standard InChI is InChI=1S/C21H25NO2/c1-2-21(18-9-5-3-6-10-18,19-11-7-4-8-12-19)22-15-13-17(14-16-22)20(23)24/h3-12,17H,2,13-16H2,1H3,(H,23,24). The molecule has 0 aromatic heterocycles. The first-order valence-electron chi connectivity index (χ1n) is 8.77. The van der Waals surface area contributed by atoms with E-state index in [2.05, 4.69) is 60.4 Å². The van der Waals surface area contributed by atoms with Crippen LogP contribution in [0.25, 0.3) is 0 Å². The van der Waals surface area contributed by atoms with Crippen molar-refractivity contribution in [3.63, 3.8) is 0 Å². The van der Waals surface area contributed by atoms with E-state index >= 15 is 0 Å². The van der Waals surface area contributed by atoms with Crippen LogP contribution in [0.2, 0.25) is 0 Å². The number of piperidine rings is 1. The normalized spacial score (nSPS) is 16.9. The Morgan fingerprint density at radius 1 is 1.00 bits per heavy atom. The van der Waals surface area contributed by atoms with Gasteiger partial charge in [0.25, 0.3) is 0 Å². The molecule has 1 N–H and O–H groups in total. The van der Waals surface area contributed by atoms with Gasteiger partial charge in [-0.2, -0.15) is 0 Å². The smallest absolute Gasteiger partial charge is 0.306 e. The summed E-state index contributed by atoms with van der Waals surface area (Å²) >= 11 is 0. The molecule has 0 amide bonds. The molecule has 0 bridgehead atoms. The molecular formula is C21H25NO2. The van der Waals surface area contributed by atoms with Crippen molar-refractivity contribution in [3.8, 4) is 0 Å². The fourth-order valence-electron chi connectivity index (χ4n) is 4.10. The average molecular weight is 323 g/mol. The van der Waals surface area contributed by atoms with Gasteiger partial charge in [0.15, 0.2) is 0 Å². The third kappa shape index (κ3) is 2.96. The molecule has 0 radical (unpaired) electrons. The van der Waals surface area contributed by atoms with E-state index in [0.29, 0.717) is 0 Å².